The van der Waals surface area contributed by atoms with Crippen molar-refractivity contribution in [3.8, 4) is 0 Å². The van der Waals surface area contributed by atoms with Gasteiger partial charge in [0, 0.05) is 18.4 Å². The van der Waals surface area contributed by atoms with E-state index in [2.05, 4.69) is 30.4 Å². The maximum absolute atomic E-state index is 12.4. The molecule has 7 nitrogen and oxygen atoms in total. The van der Waals surface area contributed by atoms with Crippen LogP contribution in [0.3, 0.4) is 0 Å². The van der Waals surface area contributed by atoms with Crippen molar-refractivity contribution in [2.75, 3.05) is 13.2 Å². The van der Waals surface area contributed by atoms with Crippen molar-refractivity contribution in [2.45, 2.75) is 84.5 Å². The van der Waals surface area contributed by atoms with Gasteiger partial charge >= 0.3 is 5.97 Å². The average Bonchev–Trinajstić information content (AvgIpc) is 3.29. The number of rotatable bonds is 9. The summed E-state index contributed by atoms with van der Waals surface area (Å²) < 4.78 is 0. The standard InChI is InChI=1S/C33H44N2O5/c1-21(36)27-11-12-28-26-10-9-24-18-25(13-15-32(24,2)29(26)14-16-33(27,28)3)35-40-20-30(37)34-19-23(17-31(38)39)22-7-5-4-6-8-22/h4-8,18,23,26-29H,9-17,19-20H2,1-3H3,(H,34,37)(H,38,39)/t23-,26+,27+,28-,29-,32+,33-/m1/s1. The Hall–Kier alpha value is -2.96. The number of Topliss-reactive ketones (excluding diaryl/α,β-unsaturated/α-hetero) is 1. The molecule has 0 aliphatic heterocycles. The number of carbonyl (C=O) groups is 3. The summed E-state index contributed by atoms with van der Waals surface area (Å²) in [6, 6.07) is 9.37. The number of carboxylic acid groups (broad SMARTS) is 1. The van der Waals surface area contributed by atoms with Gasteiger partial charge in [-0.25, -0.2) is 0 Å². The van der Waals surface area contributed by atoms with Gasteiger partial charge in [-0.05, 0) is 98.5 Å². The molecule has 1 aromatic rings. The van der Waals surface area contributed by atoms with Gasteiger partial charge in [-0.3, -0.25) is 14.4 Å². The van der Waals surface area contributed by atoms with Gasteiger partial charge in [-0.15, -0.1) is 0 Å². The molecule has 40 heavy (non-hydrogen) atoms. The average molecular weight is 549 g/mol. The lowest BCUT2D eigenvalue weighted by Crippen LogP contribution is -2.51. The van der Waals surface area contributed by atoms with Crippen LogP contribution in [0.25, 0.3) is 0 Å². The molecule has 3 saturated carbocycles. The molecule has 0 radical (unpaired) electrons. The van der Waals surface area contributed by atoms with Crippen molar-refractivity contribution in [2.24, 2.45) is 39.7 Å². The smallest absolute Gasteiger partial charge is 0.304 e. The van der Waals surface area contributed by atoms with Crippen LogP contribution < -0.4 is 5.32 Å². The molecule has 7 heteroatoms. The molecule has 0 heterocycles. The lowest BCUT2D eigenvalue weighted by Gasteiger charge is -2.58. The summed E-state index contributed by atoms with van der Waals surface area (Å²) in [5.74, 6) is 1.13. The fourth-order valence-electron chi connectivity index (χ4n) is 9.02. The Balaban J connectivity index is 1.17. The quantitative estimate of drug-likeness (QED) is 0.374. The molecule has 2 N–H and O–H groups in total. The van der Waals surface area contributed by atoms with Crippen LogP contribution in [0, 0.1) is 34.5 Å². The van der Waals surface area contributed by atoms with Crippen LogP contribution in [0.4, 0.5) is 0 Å². The largest absolute Gasteiger partial charge is 0.481 e. The summed E-state index contributed by atoms with van der Waals surface area (Å²) in [7, 11) is 0. The first-order valence-electron chi connectivity index (χ1n) is 15.1. The molecule has 216 valence electrons. The van der Waals surface area contributed by atoms with E-state index in [1.165, 1.54) is 24.8 Å². The van der Waals surface area contributed by atoms with E-state index in [1.54, 1.807) is 6.92 Å². The Morgan fingerprint density at radius 1 is 1.05 bits per heavy atom. The zero-order valence-electron chi connectivity index (χ0n) is 24.2. The highest BCUT2D eigenvalue weighted by Crippen LogP contribution is 2.66. The van der Waals surface area contributed by atoms with E-state index in [-0.39, 0.29) is 48.1 Å². The number of ketones is 1. The Morgan fingerprint density at radius 2 is 1.82 bits per heavy atom. The zero-order chi connectivity index (χ0) is 28.5. The SMILES string of the molecule is CC(=O)[C@@H]1CC[C@@H]2[C@@H]3CCC4=CC(=NOCC(=O)NC[C@@H](CC(=O)O)c5ccccc5)CC[C@]4(C)[C@@H]3CC[C@@]21C. The van der Waals surface area contributed by atoms with E-state index < -0.39 is 5.97 Å². The Morgan fingerprint density at radius 3 is 2.55 bits per heavy atom. The molecule has 0 aromatic heterocycles. The summed E-state index contributed by atoms with van der Waals surface area (Å²) >= 11 is 0. The fraction of sp³-hybridized carbons (Fsp3) is 0.636. The van der Waals surface area contributed by atoms with Crippen LogP contribution in [-0.4, -0.2) is 41.6 Å². The molecule has 1 amide bonds. The molecule has 4 aliphatic carbocycles. The normalized spacial score (nSPS) is 34.6. The Kier molecular flexibility index (Phi) is 8.21. The number of nitrogens with zero attached hydrogens (tertiary/aromatic N) is 1. The summed E-state index contributed by atoms with van der Waals surface area (Å²) in [5, 5.41) is 16.4. The van der Waals surface area contributed by atoms with Crippen LogP contribution in [-0.2, 0) is 19.2 Å². The molecular weight excluding hydrogens is 504 g/mol. The van der Waals surface area contributed by atoms with E-state index in [4.69, 9.17) is 4.84 Å². The highest BCUT2D eigenvalue weighted by molar-refractivity contribution is 5.96. The maximum Gasteiger partial charge on any atom is 0.304 e. The van der Waals surface area contributed by atoms with E-state index in [9.17, 15) is 19.5 Å². The summed E-state index contributed by atoms with van der Waals surface area (Å²) in [6.07, 6.45) is 10.9. The number of aliphatic carboxylic acids is 1. The van der Waals surface area contributed by atoms with Crippen LogP contribution >= 0.6 is 0 Å². The molecule has 4 aliphatic rings. The topological polar surface area (TPSA) is 105 Å². The highest BCUT2D eigenvalue weighted by Gasteiger charge is 2.59. The minimum absolute atomic E-state index is 0.0566. The van der Waals surface area contributed by atoms with Gasteiger partial charge in [0.25, 0.3) is 5.91 Å². The maximum atomic E-state index is 12.4. The number of amides is 1. The van der Waals surface area contributed by atoms with Gasteiger partial charge < -0.3 is 15.3 Å². The number of carboxylic acids is 1. The predicted octanol–water partition coefficient (Wildman–Crippen LogP) is 5.90. The number of allylic oxidation sites excluding steroid dienone is 2. The van der Waals surface area contributed by atoms with Crippen molar-refractivity contribution in [1.29, 1.82) is 0 Å². The van der Waals surface area contributed by atoms with Gasteiger partial charge in [0.2, 0.25) is 0 Å². The molecule has 0 spiro atoms. The van der Waals surface area contributed by atoms with Crippen molar-refractivity contribution in [3.05, 3.63) is 47.5 Å². The number of fused-ring (bicyclic) bond motifs is 5. The minimum atomic E-state index is -0.900. The first-order chi connectivity index (χ1) is 19.1. The van der Waals surface area contributed by atoms with Crippen molar-refractivity contribution in [1.82, 2.24) is 5.32 Å². The summed E-state index contributed by atoms with van der Waals surface area (Å²) in [6.45, 7) is 6.67. The van der Waals surface area contributed by atoms with Gasteiger partial charge in [0.05, 0.1) is 12.1 Å². The lowest BCUT2D eigenvalue weighted by atomic mass is 9.46. The monoisotopic (exact) mass is 548 g/mol. The van der Waals surface area contributed by atoms with E-state index in [0.29, 0.717) is 23.5 Å². The second kappa shape index (κ2) is 11.5. The molecule has 0 unspecified atom stereocenters. The number of carbonyl (C=O) groups excluding carboxylic acids is 2. The fourth-order valence-corrected chi connectivity index (χ4v) is 9.02. The van der Waals surface area contributed by atoms with Crippen LogP contribution in [0.15, 0.2) is 47.1 Å². The third-order valence-electron chi connectivity index (χ3n) is 11.1. The van der Waals surface area contributed by atoms with Gasteiger partial charge in [0.1, 0.15) is 5.78 Å². The summed E-state index contributed by atoms with van der Waals surface area (Å²) in [5.41, 5.74) is 3.59. The molecule has 7 atom stereocenters. The second-order valence-corrected chi connectivity index (χ2v) is 13.2. The van der Waals surface area contributed by atoms with Crippen molar-refractivity contribution >= 4 is 23.4 Å². The number of hydrogen-bond donors (Lipinski definition) is 2. The first-order valence-corrected chi connectivity index (χ1v) is 15.1. The van der Waals surface area contributed by atoms with Crippen LogP contribution in [0.5, 0.6) is 0 Å². The predicted molar refractivity (Wildman–Crippen MR) is 154 cm³/mol. The van der Waals surface area contributed by atoms with E-state index in [0.717, 1.165) is 43.4 Å². The second-order valence-electron chi connectivity index (χ2n) is 13.2. The van der Waals surface area contributed by atoms with Crippen molar-refractivity contribution < 1.29 is 24.3 Å². The van der Waals surface area contributed by atoms with Crippen LogP contribution in [0.2, 0.25) is 0 Å². The Bertz CT molecular complexity index is 1190. The van der Waals surface area contributed by atoms with Crippen LogP contribution in [0.1, 0.15) is 90.0 Å². The van der Waals surface area contributed by atoms with Gasteiger partial charge in [-0.2, -0.15) is 0 Å². The minimum Gasteiger partial charge on any atom is -0.481 e. The van der Waals surface area contributed by atoms with E-state index >= 15 is 0 Å². The third-order valence-corrected chi connectivity index (χ3v) is 11.1. The number of oxime groups is 1. The summed E-state index contributed by atoms with van der Waals surface area (Å²) in [4.78, 5) is 41.6. The highest BCUT2D eigenvalue weighted by atomic mass is 16.6. The Labute approximate surface area is 237 Å². The lowest BCUT2D eigenvalue weighted by molar-refractivity contribution is -0.137. The van der Waals surface area contributed by atoms with Gasteiger partial charge in [0.15, 0.2) is 6.61 Å². The number of nitrogens with one attached hydrogen (secondary N) is 1. The number of hydrogen-bond acceptors (Lipinski definition) is 5. The third kappa shape index (κ3) is 5.48. The molecular formula is C33H44N2O5. The molecule has 0 bridgehead atoms. The van der Waals surface area contributed by atoms with Gasteiger partial charge in [-0.1, -0.05) is 54.9 Å². The molecule has 0 saturated heterocycles. The first kappa shape index (κ1) is 28.6. The molecule has 5 rings (SSSR count). The van der Waals surface area contributed by atoms with Crippen molar-refractivity contribution in [3.63, 3.8) is 0 Å². The van der Waals surface area contributed by atoms with E-state index in [1.807, 2.05) is 30.3 Å². The zero-order valence-corrected chi connectivity index (χ0v) is 24.2. The number of benzene rings is 1. The molecule has 3 fully saturated rings. The molecule has 1 aromatic carbocycles.